The third-order valence-corrected chi connectivity index (χ3v) is 11.5. The van der Waals surface area contributed by atoms with E-state index in [1.54, 1.807) is 4.90 Å². The second kappa shape index (κ2) is 10.0. The van der Waals surface area contributed by atoms with Crippen molar-refractivity contribution in [2.24, 2.45) is 5.92 Å². The number of hydrogen-bond acceptors (Lipinski definition) is 3. The Hall–Kier alpha value is 0.0569. The fourth-order valence-electron chi connectivity index (χ4n) is 4.04. The Bertz CT molecular complexity index is 471. The number of ether oxygens (including phenoxy) is 1. The molecule has 0 saturated heterocycles. The maximum absolute atomic E-state index is 12.2. The first-order valence-electron chi connectivity index (χ1n) is 9.19. The molecule has 0 aliphatic carbocycles. The number of nitrogens with zero attached hydrogens (tertiary/aromatic N) is 1. The molecule has 1 aliphatic rings. The molecule has 1 atom stereocenters. The second-order valence-corrected chi connectivity index (χ2v) is 15.9. The number of amides is 1. The van der Waals surface area contributed by atoms with Gasteiger partial charge >= 0.3 is 6.09 Å². The zero-order chi connectivity index (χ0) is 20.1. The van der Waals surface area contributed by atoms with Crippen molar-refractivity contribution in [1.82, 2.24) is 4.90 Å². The van der Waals surface area contributed by atoms with Gasteiger partial charge in [0.2, 0.25) is 3.79 Å². The highest BCUT2D eigenvalue weighted by molar-refractivity contribution is 6.77. The molecule has 0 N–H and O–H groups in total. The molecule has 0 saturated carbocycles. The Morgan fingerprint density at radius 1 is 1.15 bits per heavy atom. The molecule has 152 valence electrons. The molecule has 8 heteroatoms. The average Bonchev–Trinajstić information content (AvgIpc) is 2.51. The van der Waals surface area contributed by atoms with Gasteiger partial charge in [-0.05, 0) is 16.6 Å². The standard InChI is InChI=1S/C18H32Cl3NO3Si/c1-13(2)26(14(3)4,15(5)6)25-11-16-8-7-9-22(10-16)17(23)24-12-18(19,20)21/h7-8,13-16H,9-12H2,1-6H3/t16-/m1/s1. The zero-order valence-electron chi connectivity index (χ0n) is 16.6. The lowest BCUT2D eigenvalue weighted by Crippen LogP contribution is -2.49. The van der Waals surface area contributed by atoms with Gasteiger partial charge in [-0.3, -0.25) is 0 Å². The quantitative estimate of drug-likeness (QED) is 0.267. The molecule has 0 aromatic heterocycles. The van der Waals surface area contributed by atoms with Gasteiger partial charge < -0.3 is 14.1 Å². The first kappa shape index (κ1) is 24.1. The van der Waals surface area contributed by atoms with Crippen LogP contribution < -0.4 is 0 Å². The van der Waals surface area contributed by atoms with Gasteiger partial charge in [-0.2, -0.15) is 0 Å². The number of rotatable bonds is 7. The van der Waals surface area contributed by atoms with Gasteiger partial charge in [-0.1, -0.05) is 88.5 Å². The molecular weight excluding hydrogens is 413 g/mol. The molecule has 0 bridgehead atoms. The summed E-state index contributed by atoms with van der Waals surface area (Å²) in [4.78, 5) is 13.8. The lowest BCUT2D eigenvalue weighted by atomic mass is 10.1. The van der Waals surface area contributed by atoms with Crippen LogP contribution in [0.4, 0.5) is 4.79 Å². The molecule has 1 amide bonds. The Labute approximate surface area is 174 Å². The van der Waals surface area contributed by atoms with E-state index in [9.17, 15) is 4.79 Å². The van der Waals surface area contributed by atoms with Crippen LogP contribution in [0.15, 0.2) is 12.2 Å². The SMILES string of the molecule is CC(C)[Si](OC[C@@H]1C=CCN(C(=O)OCC(Cl)(Cl)Cl)C1)(C(C)C)C(C)C. The summed E-state index contributed by atoms with van der Waals surface area (Å²) in [6, 6.07) is 0. The maximum atomic E-state index is 12.2. The summed E-state index contributed by atoms with van der Waals surface area (Å²) in [5.41, 5.74) is 1.58. The summed E-state index contributed by atoms with van der Waals surface area (Å²) in [6.07, 6.45) is 3.63. The molecule has 26 heavy (non-hydrogen) atoms. The van der Waals surface area contributed by atoms with E-state index in [1.807, 2.05) is 6.08 Å². The highest BCUT2D eigenvalue weighted by atomic mass is 35.6. The Kier molecular flexibility index (Phi) is 9.28. The van der Waals surface area contributed by atoms with Gasteiger partial charge in [0.25, 0.3) is 0 Å². The molecular formula is C18H32Cl3NO3Si. The topological polar surface area (TPSA) is 38.8 Å². The van der Waals surface area contributed by atoms with Crippen LogP contribution >= 0.6 is 34.8 Å². The number of alkyl halides is 3. The largest absolute Gasteiger partial charge is 0.445 e. The molecule has 0 unspecified atom stereocenters. The van der Waals surface area contributed by atoms with Crippen molar-refractivity contribution in [3.8, 4) is 0 Å². The van der Waals surface area contributed by atoms with Gasteiger partial charge in [0.05, 0.1) is 0 Å². The summed E-state index contributed by atoms with van der Waals surface area (Å²) < 4.78 is 10.1. The maximum Gasteiger partial charge on any atom is 0.410 e. The molecule has 1 heterocycles. The fraction of sp³-hybridized carbons (Fsp3) is 0.833. The highest BCUT2D eigenvalue weighted by Crippen LogP contribution is 2.42. The van der Waals surface area contributed by atoms with Crippen molar-refractivity contribution in [2.75, 3.05) is 26.3 Å². The zero-order valence-corrected chi connectivity index (χ0v) is 19.9. The molecule has 0 fully saturated rings. The van der Waals surface area contributed by atoms with Crippen LogP contribution in [0.3, 0.4) is 0 Å². The molecule has 1 rings (SSSR count). The van der Waals surface area contributed by atoms with Gasteiger partial charge in [0, 0.05) is 25.6 Å². The van der Waals surface area contributed by atoms with Crippen molar-refractivity contribution in [3.63, 3.8) is 0 Å². The number of hydrogen-bond donors (Lipinski definition) is 0. The predicted octanol–water partition coefficient (Wildman–Crippen LogP) is 6.17. The number of halogens is 3. The van der Waals surface area contributed by atoms with Crippen LogP contribution in [0.2, 0.25) is 16.6 Å². The van der Waals surface area contributed by atoms with E-state index in [4.69, 9.17) is 44.0 Å². The monoisotopic (exact) mass is 443 g/mol. The van der Waals surface area contributed by atoms with Crippen molar-refractivity contribution in [1.29, 1.82) is 0 Å². The van der Waals surface area contributed by atoms with Gasteiger partial charge in [0.1, 0.15) is 6.61 Å². The van der Waals surface area contributed by atoms with Crippen molar-refractivity contribution >= 4 is 49.2 Å². The summed E-state index contributed by atoms with van der Waals surface area (Å²) >= 11 is 16.9. The molecule has 0 aromatic carbocycles. The summed E-state index contributed by atoms with van der Waals surface area (Å²) in [6.45, 7) is 15.0. The van der Waals surface area contributed by atoms with E-state index in [0.717, 1.165) is 0 Å². The van der Waals surface area contributed by atoms with Crippen LogP contribution in [0.25, 0.3) is 0 Å². The van der Waals surface area contributed by atoms with Gasteiger partial charge in [-0.15, -0.1) is 0 Å². The molecule has 4 nitrogen and oxygen atoms in total. The summed E-state index contributed by atoms with van der Waals surface area (Å²) in [7, 11) is -1.92. The molecule has 0 radical (unpaired) electrons. The van der Waals surface area contributed by atoms with E-state index >= 15 is 0 Å². The third kappa shape index (κ3) is 6.59. The summed E-state index contributed by atoms with van der Waals surface area (Å²) in [5.74, 6) is 0.146. The highest BCUT2D eigenvalue weighted by Gasteiger charge is 2.45. The summed E-state index contributed by atoms with van der Waals surface area (Å²) in [5, 5.41) is 0. The molecule has 1 aliphatic heterocycles. The number of carbonyl (C=O) groups excluding carboxylic acids is 1. The normalized spacial score (nSPS) is 18.9. The van der Waals surface area contributed by atoms with Crippen LogP contribution in [-0.4, -0.2) is 49.4 Å². The first-order chi connectivity index (χ1) is 11.9. The minimum absolute atomic E-state index is 0.146. The minimum Gasteiger partial charge on any atom is -0.445 e. The van der Waals surface area contributed by atoms with Crippen LogP contribution in [0.5, 0.6) is 0 Å². The number of carbonyl (C=O) groups is 1. The van der Waals surface area contributed by atoms with Crippen LogP contribution in [0.1, 0.15) is 41.5 Å². The molecule has 0 aromatic rings. The lowest BCUT2D eigenvalue weighted by molar-refractivity contribution is 0.0972. The smallest absolute Gasteiger partial charge is 0.410 e. The second-order valence-electron chi connectivity index (χ2n) is 7.89. The van der Waals surface area contributed by atoms with Crippen molar-refractivity contribution in [2.45, 2.75) is 62.0 Å². The Balaban J connectivity index is 2.69. The van der Waals surface area contributed by atoms with E-state index in [2.05, 4.69) is 47.6 Å². The van der Waals surface area contributed by atoms with Crippen molar-refractivity contribution < 1.29 is 14.0 Å². The minimum atomic E-state index is -1.92. The van der Waals surface area contributed by atoms with Crippen LogP contribution in [0, 0.1) is 5.92 Å². The first-order valence-corrected chi connectivity index (χ1v) is 12.5. The Morgan fingerprint density at radius 2 is 1.69 bits per heavy atom. The van der Waals surface area contributed by atoms with Crippen molar-refractivity contribution in [3.05, 3.63) is 12.2 Å². The van der Waals surface area contributed by atoms with E-state index < -0.39 is 18.2 Å². The van der Waals surface area contributed by atoms with Gasteiger partial charge in [0.15, 0.2) is 8.32 Å². The predicted molar refractivity (Wildman–Crippen MR) is 113 cm³/mol. The molecule has 0 spiro atoms. The fourth-order valence-corrected chi connectivity index (χ4v) is 9.71. The van der Waals surface area contributed by atoms with Gasteiger partial charge in [-0.25, -0.2) is 4.79 Å². The van der Waals surface area contributed by atoms with E-state index in [0.29, 0.717) is 36.3 Å². The third-order valence-electron chi connectivity index (χ3n) is 5.06. The van der Waals surface area contributed by atoms with Crippen LogP contribution in [-0.2, 0) is 9.16 Å². The average molecular weight is 445 g/mol. The Morgan fingerprint density at radius 3 is 2.15 bits per heavy atom. The van der Waals surface area contributed by atoms with E-state index in [-0.39, 0.29) is 12.5 Å². The van der Waals surface area contributed by atoms with E-state index in [1.165, 1.54) is 0 Å². The lowest BCUT2D eigenvalue weighted by Gasteiger charge is -2.43.